The molecule has 3 heterocycles. The number of pyridine rings is 1. The summed E-state index contributed by atoms with van der Waals surface area (Å²) in [5.41, 5.74) is 3.81. The number of carbonyl (C=O) groups is 1. The zero-order chi connectivity index (χ0) is 22.7. The molecular weight excluding hydrogens is 406 g/mol. The van der Waals surface area contributed by atoms with Gasteiger partial charge in [0.1, 0.15) is 23.8 Å². The molecular formula is C24H27N5O3. The van der Waals surface area contributed by atoms with Gasteiger partial charge in [-0.2, -0.15) is 0 Å². The van der Waals surface area contributed by atoms with Gasteiger partial charge in [0.05, 0.1) is 11.7 Å². The van der Waals surface area contributed by atoms with E-state index in [1.807, 2.05) is 39.0 Å². The van der Waals surface area contributed by atoms with Crippen molar-refractivity contribution in [3.63, 3.8) is 0 Å². The predicted octanol–water partition coefficient (Wildman–Crippen LogP) is 2.36. The first-order valence-electron chi connectivity index (χ1n) is 10.6. The number of nitrogens with zero attached hydrogens (tertiary/aromatic N) is 3. The van der Waals surface area contributed by atoms with Gasteiger partial charge in [-0.3, -0.25) is 9.78 Å². The maximum Gasteiger partial charge on any atom is 0.251 e. The lowest BCUT2D eigenvalue weighted by Crippen LogP contribution is -2.30. The minimum absolute atomic E-state index is 0.248. The molecule has 1 aromatic carbocycles. The lowest BCUT2D eigenvalue weighted by molar-refractivity contribution is 0.0736. The van der Waals surface area contributed by atoms with Crippen molar-refractivity contribution in [2.45, 2.75) is 39.0 Å². The first kappa shape index (κ1) is 21.9. The molecule has 8 nitrogen and oxygen atoms in total. The molecule has 4 rings (SSSR count). The number of carbonyl (C=O) groups excluding carboxylic acids is 1. The van der Waals surface area contributed by atoms with E-state index >= 15 is 0 Å². The van der Waals surface area contributed by atoms with Gasteiger partial charge in [0, 0.05) is 48.4 Å². The average Bonchev–Trinajstić information content (AvgIpc) is 3.18. The van der Waals surface area contributed by atoms with Crippen LogP contribution in [0, 0.1) is 13.8 Å². The molecule has 32 heavy (non-hydrogen) atoms. The maximum absolute atomic E-state index is 13.1. The summed E-state index contributed by atoms with van der Waals surface area (Å²) in [6, 6.07) is 8.94. The summed E-state index contributed by atoms with van der Waals surface area (Å²) in [5.74, 6) is 0.937. The first-order chi connectivity index (χ1) is 15.4. The van der Waals surface area contributed by atoms with Crippen LogP contribution in [0.4, 0.5) is 0 Å². The number of ether oxygens (including phenoxy) is 1. The molecule has 1 fully saturated rings. The van der Waals surface area contributed by atoms with Crippen LogP contribution in [0.3, 0.4) is 0 Å². The fourth-order valence-electron chi connectivity index (χ4n) is 3.51. The molecule has 0 saturated carbocycles. The Balaban J connectivity index is 1.62. The summed E-state index contributed by atoms with van der Waals surface area (Å²) < 4.78 is 6.03. The van der Waals surface area contributed by atoms with Crippen molar-refractivity contribution in [2.75, 3.05) is 13.1 Å². The molecule has 1 saturated heterocycles. The fourth-order valence-corrected chi connectivity index (χ4v) is 3.51. The number of β-amino-alcohol motifs (C(OH)–C–C–N with tert-alkyl or cyclic N) is 1. The Hall–Kier alpha value is -3.36. The molecule has 2 aromatic heterocycles. The van der Waals surface area contributed by atoms with Crippen molar-refractivity contribution in [2.24, 2.45) is 0 Å². The van der Waals surface area contributed by atoms with Crippen LogP contribution in [-0.4, -0.2) is 51.3 Å². The quantitative estimate of drug-likeness (QED) is 0.547. The van der Waals surface area contributed by atoms with Crippen LogP contribution < -0.4 is 15.4 Å². The van der Waals surface area contributed by atoms with Gasteiger partial charge in [-0.05, 0) is 50.6 Å². The summed E-state index contributed by atoms with van der Waals surface area (Å²) in [7, 11) is 0. The Morgan fingerprint density at radius 3 is 2.56 bits per heavy atom. The summed E-state index contributed by atoms with van der Waals surface area (Å²) >= 11 is 0. The fraction of sp³-hybridized carbons (Fsp3) is 0.333. The maximum atomic E-state index is 13.1. The van der Waals surface area contributed by atoms with Gasteiger partial charge < -0.3 is 20.5 Å². The second-order valence-electron chi connectivity index (χ2n) is 8.11. The van der Waals surface area contributed by atoms with Gasteiger partial charge in [-0.15, -0.1) is 0 Å². The molecule has 8 heteroatoms. The van der Waals surface area contributed by atoms with E-state index in [1.54, 1.807) is 30.7 Å². The van der Waals surface area contributed by atoms with E-state index in [0.717, 1.165) is 22.4 Å². The highest BCUT2D eigenvalue weighted by molar-refractivity contribution is 5.96. The Bertz CT molecular complexity index is 1090. The molecule has 0 spiro atoms. The van der Waals surface area contributed by atoms with E-state index in [-0.39, 0.29) is 18.1 Å². The lowest BCUT2D eigenvalue weighted by Gasteiger charge is -2.19. The topological polar surface area (TPSA) is 109 Å². The van der Waals surface area contributed by atoms with Crippen molar-refractivity contribution in [1.29, 1.82) is 0 Å². The van der Waals surface area contributed by atoms with E-state index < -0.39 is 6.10 Å². The van der Waals surface area contributed by atoms with E-state index in [4.69, 9.17) is 4.74 Å². The zero-order valence-electron chi connectivity index (χ0n) is 18.4. The molecule has 1 aliphatic rings. The van der Waals surface area contributed by atoms with Crippen molar-refractivity contribution in [1.82, 2.24) is 25.6 Å². The number of aryl methyl sites for hydroxylation is 2. The molecule has 166 valence electrons. The molecule has 1 aliphatic heterocycles. The van der Waals surface area contributed by atoms with Gasteiger partial charge in [0.15, 0.2) is 0 Å². The number of amides is 1. The van der Waals surface area contributed by atoms with Crippen LogP contribution in [0.25, 0.3) is 11.3 Å². The minimum atomic E-state index is -0.602. The van der Waals surface area contributed by atoms with Crippen molar-refractivity contribution >= 4 is 5.91 Å². The van der Waals surface area contributed by atoms with Crippen molar-refractivity contribution in [3.05, 3.63) is 71.4 Å². The third-order valence-electron chi connectivity index (χ3n) is 5.44. The smallest absolute Gasteiger partial charge is 0.251 e. The number of nitrogens with one attached hydrogen (secondary N) is 2. The molecule has 0 radical (unpaired) electrons. The van der Waals surface area contributed by atoms with Crippen LogP contribution in [0.1, 0.15) is 40.3 Å². The van der Waals surface area contributed by atoms with E-state index in [2.05, 4.69) is 25.6 Å². The normalized spacial score (nSPS) is 18.9. The highest BCUT2D eigenvalue weighted by atomic mass is 16.5. The predicted molar refractivity (Wildman–Crippen MR) is 120 cm³/mol. The number of rotatable bonds is 6. The van der Waals surface area contributed by atoms with Gasteiger partial charge in [-0.1, -0.05) is 6.07 Å². The monoisotopic (exact) mass is 433 g/mol. The second kappa shape index (κ2) is 9.42. The van der Waals surface area contributed by atoms with Crippen LogP contribution in [-0.2, 0) is 0 Å². The highest BCUT2D eigenvalue weighted by Gasteiger charge is 2.27. The van der Waals surface area contributed by atoms with Gasteiger partial charge >= 0.3 is 0 Å². The van der Waals surface area contributed by atoms with E-state index in [0.29, 0.717) is 30.2 Å². The van der Waals surface area contributed by atoms with Gasteiger partial charge in [-0.25, -0.2) is 9.97 Å². The number of hydrogen-bond donors (Lipinski definition) is 3. The highest BCUT2D eigenvalue weighted by Crippen LogP contribution is 2.27. The van der Waals surface area contributed by atoms with Crippen molar-refractivity contribution in [3.8, 4) is 17.0 Å². The van der Waals surface area contributed by atoms with Crippen LogP contribution in [0.2, 0.25) is 0 Å². The molecule has 0 bridgehead atoms. The van der Waals surface area contributed by atoms with E-state index in [9.17, 15) is 9.90 Å². The summed E-state index contributed by atoms with van der Waals surface area (Å²) in [6.45, 7) is 6.69. The van der Waals surface area contributed by atoms with E-state index in [1.165, 1.54) is 0 Å². The molecule has 2 unspecified atom stereocenters. The third-order valence-corrected chi connectivity index (χ3v) is 5.44. The molecule has 1 amide bonds. The van der Waals surface area contributed by atoms with Crippen LogP contribution >= 0.6 is 0 Å². The number of aliphatic hydroxyl groups is 1. The Morgan fingerprint density at radius 2 is 1.91 bits per heavy atom. The van der Waals surface area contributed by atoms with Crippen LogP contribution in [0.15, 0.2) is 48.9 Å². The zero-order valence-corrected chi connectivity index (χ0v) is 18.4. The third kappa shape index (κ3) is 5.09. The molecule has 0 aliphatic carbocycles. The van der Waals surface area contributed by atoms with Gasteiger partial charge in [0.25, 0.3) is 5.91 Å². The first-order valence-corrected chi connectivity index (χ1v) is 10.6. The number of aliphatic hydroxyl groups excluding tert-OH is 1. The largest absolute Gasteiger partial charge is 0.486 e. The van der Waals surface area contributed by atoms with Crippen LogP contribution in [0.5, 0.6) is 5.75 Å². The minimum Gasteiger partial charge on any atom is -0.486 e. The summed E-state index contributed by atoms with van der Waals surface area (Å²) in [6.07, 6.45) is 4.23. The standard InChI is InChI=1S/C24H27N5O3/c1-14-4-5-21(28-9-14)17-6-18(8-20(7-17)32-23-13-25-12-22(23)30)24(31)29-15(2)19-10-26-16(3)27-11-19/h4-11,15,22-23,25,30H,12-13H2,1-3H3,(H,29,31)/t15-,22?,23?/m0/s1. The summed E-state index contributed by atoms with van der Waals surface area (Å²) in [5, 5.41) is 16.2. The second-order valence-corrected chi connectivity index (χ2v) is 8.11. The number of aromatic nitrogens is 3. The van der Waals surface area contributed by atoms with Gasteiger partial charge in [0.2, 0.25) is 0 Å². The number of hydrogen-bond acceptors (Lipinski definition) is 7. The molecule has 3 aromatic rings. The molecule has 3 atom stereocenters. The Kier molecular flexibility index (Phi) is 6.43. The summed E-state index contributed by atoms with van der Waals surface area (Å²) in [4.78, 5) is 26.0. The Morgan fingerprint density at radius 1 is 1.12 bits per heavy atom. The lowest BCUT2D eigenvalue weighted by atomic mass is 10.0. The van der Waals surface area contributed by atoms with Crippen molar-refractivity contribution < 1.29 is 14.6 Å². The molecule has 3 N–H and O–H groups in total. The SMILES string of the molecule is Cc1ccc(-c2cc(OC3CNCC3O)cc(C(=O)N[C@@H](C)c3cnc(C)nc3)c2)nc1. The number of benzene rings is 1. The average molecular weight is 434 g/mol. The Labute approximate surface area is 187 Å².